The van der Waals surface area contributed by atoms with Gasteiger partial charge in [0.15, 0.2) is 0 Å². The molecule has 0 radical (unpaired) electrons. The molecule has 0 fully saturated rings. The van der Waals surface area contributed by atoms with Gasteiger partial charge in [-0.15, -0.1) is 11.3 Å². The maximum Gasteiger partial charge on any atom is 0.0991 e. The third-order valence-electron chi connectivity index (χ3n) is 3.35. The normalized spacial score (nSPS) is 10.9. The van der Waals surface area contributed by atoms with E-state index in [1.165, 1.54) is 10.4 Å². The molecule has 1 aromatic carbocycles. The number of halogens is 1. The number of nitrogens with one attached hydrogen (secondary N) is 1. The van der Waals surface area contributed by atoms with E-state index < -0.39 is 0 Å². The van der Waals surface area contributed by atoms with Crippen LogP contribution in [-0.4, -0.2) is 11.1 Å². The lowest BCUT2D eigenvalue weighted by molar-refractivity contribution is 0.613. The monoisotopic (exact) mass is 359 g/mol. The summed E-state index contributed by atoms with van der Waals surface area (Å²) in [4.78, 5) is 1.33. The maximum absolute atomic E-state index is 8.92. The van der Waals surface area contributed by atoms with Crippen molar-refractivity contribution in [2.75, 3.05) is 6.54 Å². The third-order valence-corrected chi connectivity index (χ3v) is 5.05. The summed E-state index contributed by atoms with van der Waals surface area (Å²) in [6.45, 7) is 2.73. The number of hydrogen-bond donors (Lipinski definition) is 1. The fourth-order valence-corrected chi connectivity index (χ4v) is 3.74. The number of fused-ring (bicyclic) bond motifs is 1. The topological polar surface area (TPSA) is 40.8 Å². The molecule has 0 spiro atoms. The van der Waals surface area contributed by atoms with E-state index in [0.29, 0.717) is 5.56 Å². The predicted molar refractivity (Wildman–Crippen MR) is 90.4 cm³/mol. The van der Waals surface area contributed by atoms with Gasteiger partial charge in [-0.25, -0.2) is 0 Å². The highest BCUT2D eigenvalue weighted by molar-refractivity contribution is 9.10. The zero-order chi connectivity index (χ0) is 14.7. The van der Waals surface area contributed by atoms with Gasteiger partial charge in [-0.3, -0.25) is 0 Å². The van der Waals surface area contributed by atoms with E-state index in [1.807, 2.05) is 18.2 Å². The molecule has 3 rings (SSSR count). The van der Waals surface area contributed by atoms with Crippen LogP contribution in [0.15, 0.2) is 46.4 Å². The molecule has 0 amide bonds. The number of hydrogen-bond acceptors (Lipinski definition) is 3. The SMILES string of the molecule is N#Cc1ccc2c(ccn2CCNCc2cc(Br)cs2)c1. The zero-order valence-corrected chi connectivity index (χ0v) is 13.7. The van der Waals surface area contributed by atoms with E-state index in [-0.39, 0.29) is 0 Å². The summed E-state index contributed by atoms with van der Waals surface area (Å²) in [7, 11) is 0. The van der Waals surface area contributed by atoms with Crippen molar-refractivity contribution in [3.05, 3.63) is 56.8 Å². The van der Waals surface area contributed by atoms with E-state index >= 15 is 0 Å². The first-order chi connectivity index (χ1) is 10.3. The minimum atomic E-state index is 0.710. The smallest absolute Gasteiger partial charge is 0.0991 e. The van der Waals surface area contributed by atoms with E-state index in [1.54, 1.807) is 11.3 Å². The molecule has 0 saturated heterocycles. The minimum Gasteiger partial charge on any atom is -0.346 e. The average molecular weight is 360 g/mol. The van der Waals surface area contributed by atoms with Crippen molar-refractivity contribution in [1.29, 1.82) is 5.26 Å². The van der Waals surface area contributed by atoms with Gasteiger partial charge in [-0.2, -0.15) is 5.26 Å². The van der Waals surface area contributed by atoms with Gasteiger partial charge in [0.05, 0.1) is 11.6 Å². The van der Waals surface area contributed by atoms with Crippen LogP contribution in [0.3, 0.4) is 0 Å². The zero-order valence-electron chi connectivity index (χ0n) is 11.3. The summed E-state index contributed by atoms with van der Waals surface area (Å²) in [6.07, 6.45) is 2.08. The summed E-state index contributed by atoms with van der Waals surface area (Å²) >= 11 is 5.22. The lowest BCUT2D eigenvalue weighted by Gasteiger charge is -2.06. The van der Waals surface area contributed by atoms with Crippen molar-refractivity contribution in [2.24, 2.45) is 0 Å². The minimum absolute atomic E-state index is 0.710. The van der Waals surface area contributed by atoms with Gasteiger partial charge < -0.3 is 9.88 Å². The van der Waals surface area contributed by atoms with Gasteiger partial charge in [0, 0.05) is 51.5 Å². The Balaban J connectivity index is 1.59. The lowest BCUT2D eigenvalue weighted by Crippen LogP contribution is -2.18. The van der Waals surface area contributed by atoms with Crippen LogP contribution in [0.1, 0.15) is 10.4 Å². The Kier molecular flexibility index (Phi) is 4.39. The molecule has 2 heterocycles. The average Bonchev–Trinajstić information content (AvgIpc) is 3.09. The summed E-state index contributed by atoms with van der Waals surface area (Å²) in [5.41, 5.74) is 1.89. The first-order valence-corrected chi connectivity index (χ1v) is 8.36. The quantitative estimate of drug-likeness (QED) is 0.695. The standard InChI is InChI=1S/C16H14BrN3S/c17-14-8-15(21-11-14)10-19-4-6-20-5-3-13-7-12(9-18)1-2-16(13)20/h1-3,5,7-8,11,19H,4,6,10H2. The molecule has 2 aromatic heterocycles. The van der Waals surface area contributed by atoms with E-state index in [0.717, 1.165) is 29.5 Å². The highest BCUT2D eigenvalue weighted by atomic mass is 79.9. The highest BCUT2D eigenvalue weighted by Gasteiger charge is 2.02. The van der Waals surface area contributed by atoms with Crippen LogP contribution in [0.5, 0.6) is 0 Å². The molecule has 106 valence electrons. The molecule has 0 aliphatic carbocycles. The Morgan fingerprint density at radius 3 is 2.95 bits per heavy atom. The Morgan fingerprint density at radius 2 is 2.19 bits per heavy atom. The number of aromatic nitrogens is 1. The fourth-order valence-electron chi connectivity index (χ4n) is 2.32. The van der Waals surface area contributed by atoms with Crippen LogP contribution in [0.25, 0.3) is 10.9 Å². The first kappa shape index (κ1) is 14.3. The van der Waals surface area contributed by atoms with Crippen LogP contribution >= 0.6 is 27.3 Å². The lowest BCUT2D eigenvalue weighted by atomic mass is 10.2. The second-order valence-electron chi connectivity index (χ2n) is 4.80. The maximum atomic E-state index is 8.92. The van der Waals surface area contributed by atoms with E-state index in [4.69, 9.17) is 5.26 Å². The molecular weight excluding hydrogens is 346 g/mol. The molecule has 3 nitrogen and oxygen atoms in total. The van der Waals surface area contributed by atoms with Crippen molar-refractivity contribution in [3.63, 3.8) is 0 Å². The van der Waals surface area contributed by atoms with Crippen LogP contribution in [0.2, 0.25) is 0 Å². The molecule has 0 atom stereocenters. The Labute approximate surface area is 135 Å². The molecule has 1 N–H and O–H groups in total. The van der Waals surface area contributed by atoms with Gasteiger partial charge >= 0.3 is 0 Å². The molecule has 21 heavy (non-hydrogen) atoms. The van der Waals surface area contributed by atoms with Crippen molar-refractivity contribution < 1.29 is 0 Å². The van der Waals surface area contributed by atoms with Crippen molar-refractivity contribution >= 4 is 38.2 Å². The van der Waals surface area contributed by atoms with Gasteiger partial charge in [-0.1, -0.05) is 0 Å². The van der Waals surface area contributed by atoms with Gasteiger partial charge in [0.1, 0.15) is 0 Å². The van der Waals surface area contributed by atoms with Gasteiger partial charge in [-0.05, 0) is 46.3 Å². The van der Waals surface area contributed by atoms with Crippen molar-refractivity contribution in [2.45, 2.75) is 13.1 Å². The summed E-state index contributed by atoms with van der Waals surface area (Å²) in [5.74, 6) is 0. The molecular formula is C16H14BrN3S. The molecule has 3 aromatic rings. The van der Waals surface area contributed by atoms with Crippen LogP contribution in [0, 0.1) is 11.3 Å². The Hall–Kier alpha value is -1.61. The Bertz CT molecular complexity index is 797. The van der Waals surface area contributed by atoms with Gasteiger partial charge in [0.25, 0.3) is 0 Å². The summed E-state index contributed by atoms with van der Waals surface area (Å²) in [5, 5.41) is 15.6. The number of benzene rings is 1. The first-order valence-electron chi connectivity index (χ1n) is 6.69. The van der Waals surface area contributed by atoms with E-state index in [2.05, 4.69) is 55.6 Å². The highest BCUT2D eigenvalue weighted by Crippen LogP contribution is 2.19. The number of rotatable bonds is 5. The predicted octanol–water partition coefficient (Wildman–Crippen LogP) is 4.13. The van der Waals surface area contributed by atoms with E-state index in [9.17, 15) is 0 Å². The molecule has 0 bridgehead atoms. The second-order valence-corrected chi connectivity index (χ2v) is 6.71. The third kappa shape index (κ3) is 3.35. The number of nitrogens with zero attached hydrogens (tertiary/aromatic N) is 2. The largest absolute Gasteiger partial charge is 0.346 e. The van der Waals surface area contributed by atoms with Crippen molar-refractivity contribution in [3.8, 4) is 6.07 Å². The molecule has 0 saturated carbocycles. The molecule has 0 unspecified atom stereocenters. The second kappa shape index (κ2) is 6.44. The van der Waals surface area contributed by atoms with Gasteiger partial charge in [0.2, 0.25) is 0 Å². The van der Waals surface area contributed by atoms with Crippen LogP contribution in [0.4, 0.5) is 0 Å². The number of nitriles is 1. The summed E-state index contributed by atoms with van der Waals surface area (Å²) in [6, 6.07) is 12.2. The molecule has 0 aliphatic rings. The van der Waals surface area contributed by atoms with Crippen LogP contribution < -0.4 is 5.32 Å². The molecule has 0 aliphatic heterocycles. The summed E-state index contributed by atoms with van der Waals surface area (Å²) < 4.78 is 3.36. The number of thiophene rings is 1. The molecule has 5 heteroatoms. The Morgan fingerprint density at radius 1 is 1.29 bits per heavy atom. The fraction of sp³-hybridized carbons (Fsp3) is 0.188. The van der Waals surface area contributed by atoms with Crippen molar-refractivity contribution in [1.82, 2.24) is 9.88 Å². The van der Waals surface area contributed by atoms with Crippen LogP contribution in [-0.2, 0) is 13.1 Å².